The van der Waals surface area contributed by atoms with Crippen molar-refractivity contribution in [3.63, 3.8) is 0 Å². The number of rotatable bonds is 9. The first-order valence-electron chi connectivity index (χ1n) is 11.0. The van der Waals surface area contributed by atoms with E-state index in [9.17, 15) is 19.7 Å². The molecule has 2 amide bonds. The zero-order chi connectivity index (χ0) is 24.7. The van der Waals surface area contributed by atoms with Crippen LogP contribution < -0.4 is 14.2 Å². The van der Waals surface area contributed by atoms with Gasteiger partial charge in [0.2, 0.25) is 17.4 Å². The van der Waals surface area contributed by atoms with Crippen molar-refractivity contribution in [2.45, 2.75) is 19.3 Å². The van der Waals surface area contributed by atoms with Crippen molar-refractivity contribution in [2.75, 3.05) is 47.5 Å². The lowest BCUT2D eigenvalue weighted by atomic mass is 10.1. The van der Waals surface area contributed by atoms with Gasteiger partial charge >= 0.3 is 5.69 Å². The van der Waals surface area contributed by atoms with Gasteiger partial charge in [0.05, 0.1) is 26.3 Å². The fraction of sp³-hybridized carbons (Fsp3) is 0.417. The van der Waals surface area contributed by atoms with Gasteiger partial charge in [-0.3, -0.25) is 19.7 Å². The van der Waals surface area contributed by atoms with Crippen molar-refractivity contribution in [3.05, 3.63) is 57.6 Å². The Morgan fingerprint density at radius 1 is 0.941 bits per heavy atom. The minimum absolute atomic E-state index is 0.0409. The van der Waals surface area contributed by atoms with E-state index in [2.05, 4.69) is 0 Å². The second kappa shape index (κ2) is 11.4. The molecular formula is C24H29N3O7. The van der Waals surface area contributed by atoms with E-state index in [1.54, 1.807) is 4.90 Å². The summed E-state index contributed by atoms with van der Waals surface area (Å²) in [7, 11) is 3.97. The number of aryl methyl sites for hydroxylation is 1. The van der Waals surface area contributed by atoms with Crippen LogP contribution in [0, 0.1) is 10.1 Å². The Morgan fingerprint density at radius 3 is 2.12 bits per heavy atom. The molecule has 10 heteroatoms. The molecule has 0 unspecified atom stereocenters. The summed E-state index contributed by atoms with van der Waals surface area (Å²) in [4.78, 5) is 40.2. The minimum Gasteiger partial charge on any atom is -0.493 e. The van der Waals surface area contributed by atoms with E-state index < -0.39 is 16.5 Å². The summed E-state index contributed by atoms with van der Waals surface area (Å²) in [5.74, 6) is -0.467. The third-order valence-electron chi connectivity index (χ3n) is 5.84. The van der Waals surface area contributed by atoms with Crippen LogP contribution in [-0.4, -0.2) is 74.0 Å². The molecule has 182 valence electrons. The van der Waals surface area contributed by atoms with E-state index in [1.807, 2.05) is 30.3 Å². The molecule has 10 nitrogen and oxygen atoms in total. The Hall–Kier alpha value is -3.82. The number of ether oxygens (including phenoxy) is 3. The lowest BCUT2D eigenvalue weighted by Crippen LogP contribution is -2.50. The number of hydrogen-bond acceptors (Lipinski definition) is 7. The standard InChI is InChI=1S/C24H29N3O7/c1-32-19-16-18(21(27(30)31)23(34-3)22(19)33-2)24(29)26-14-12-25(13-15-26)20(28)11-7-10-17-8-5-4-6-9-17/h4-6,8-9,16H,7,10-15H2,1-3H3. The lowest BCUT2D eigenvalue weighted by molar-refractivity contribution is -0.386. The van der Waals surface area contributed by atoms with Gasteiger partial charge in [-0.2, -0.15) is 0 Å². The highest BCUT2D eigenvalue weighted by Crippen LogP contribution is 2.46. The molecule has 0 aliphatic carbocycles. The fourth-order valence-corrected chi connectivity index (χ4v) is 4.06. The molecular weight excluding hydrogens is 442 g/mol. The molecule has 2 aromatic carbocycles. The second-order valence-electron chi connectivity index (χ2n) is 7.81. The number of nitro groups is 1. The Morgan fingerprint density at radius 2 is 1.56 bits per heavy atom. The number of carbonyl (C=O) groups excluding carboxylic acids is 2. The van der Waals surface area contributed by atoms with Crippen LogP contribution in [0.15, 0.2) is 36.4 Å². The van der Waals surface area contributed by atoms with Gasteiger partial charge < -0.3 is 24.0 Å². The monoisotopic (exact) mass is 471 g/mol. The largest absolute Gasteiger partial charge is 0.493 e. The van der Waals surface area contributed by atoms with E-state index in [4.69, 9.17) is 14.2 Å². The highest BCUT2D eigenvalue weighted by molar-refractivity contribution is 6.00. The topological polar surface area (TPSA) is 111 Å². The van der Waals surface area contributed by atoms with Gasteiger partial charge in [0.15, 0.2) is 5.75 Å². The Bertz CT molecular complexity index is 1030. The Balaban J connectivity index is 1.67. The quantitative estimate of drug-likeness (QED) is 0.408. The van der Waals surface area contributed by atoms with Crippen molar-refractivity contribution < 1.29 is 28.7 Å². The SMILES string of the molecule is COc1cc(C(=O)N2CCN(C(=O)CCCc3ccccc3)CC2)c([N+](=O)[O-])c(OC)c1OC. The van der Waals surface area contributed by atoms with E-state index >= 15 is 0 Å². The summed E-state index contributed by atoms with van der Waals surface area (Å²) in [6.45, 7) is 1.29. The van der Waals surface area contributed by atoms with Crippen LogP contribution in [0.2, 0.25) is 0 Å². The molecule has 34 heavy (non-hydrogen) atoms. The van der Waals surface area contributed by atoms with Crippen LogP contribution in [0.1, 0.15) is 28.8 Å². The molecule has 0 N–H and O–H groups in total. The molecule has 1 aliphatic rings. The number of amides is 2. The number of piperazine rings is 1. The lowest BCUT2D eigenvalue weighted by Gasteiger charge is -2.35. The van der Waals surface area contributed by atoms with Crippen molar-refractivity contribution in [1.82, 2.24) is 9.80 Å². The van der Waals surface area contributed by atoms with Crippen molar-refractivity contribution >= 4 is 17.5 Å². The number of methoxy groups -OCH3 is 3. The predicted molar refractivity (Wildman–Crippen MR) is 125 cm³/mol. The van der Waals surface area contributed by atoms with E-state index in [-0.39, 0.29) is 41.8 Å². The molecule has 0 radical (unpaired) electrons. The molecule has 0 saturated carbocycles. The average molecular weight is 472 g/mol. The molecule has 0 bridgehead atoms. The molecule has 0 atom stereocenters. The summed E-state index contributed by atoms with van der Waals surface area (Å²) in [6.07, 6.45) is 2.01. The first-order valence-corrected chi connectivity index (χ1v) is 11.0. The van der Waals surface area contributed by atoms with Gasteiger partial charge in [-0.1, -0.05) is 30.3 Å². The van der Waals surface area contributed by atoms with Crippen LogP contribution in [0.4, 0.5) is 5.69 Å². The highest BCUT2D eigenvalue weighted by atomic mass is 16.6. The van der Waals surface area contributed by atoms with E-state index in [0.29, 0.717) is 19.5 Å². The molecule has 0 spiro atoms. The van der Waals surface area contributed by atoms with Crippen molar-refractivity contribution in [3.8, 4) is 17.2 Å². The van der Waals surface area contributed by atoms with E-state index in [1.165, 1.54) is 37.9 Å². The van der Waals surface area contributed by atoms with Gasteiger partial charge in [0, 0.05) is 38.7 Å². The molecule has 0 aromatic heterocycles. The maximum Gasteiger partial charge on any atom is 0.327 e. The Labute approximate surface area is 198 Å². The van der Waals surface area contributed by atoms with Gasteiger partial charge in [-0.15, -0.1) is 0 Å². The molecule has 1 aliphatic heterocycles. The summed E-state index contributed by atoms with van der Waals surface area (Å²) >= 11 is 0. The van der Waals surface area contributed by atoms with Crippen LogP contribution in [-0.2, 0) is 11.2 Å². The van der Waals surface area contributed by atoms with Gasteiger partial charge in [-0.05, 0) is 18.4 Å². The zero-order valence-corrected chi connectivity index (χ0v) is 19.6. The molecule has 1 heterocycles. The zero-order valence-electron chi connectivity index (χ0n) is 19.6. The first kappa shape index (κ1) is 24.8. The number of hydrogen-bond donors (Lipinski definition) is 0. The van der Waals surface area contributed by atoms with Gasteiger partial charge in [0.25, 0.3) is 5.91 Å². The van der Waals surface area contributed by atoms with Gasteiger partial charge in [-0.25, -0.2) is 0 Å². The number of carbonyl (C=O) groups is 2. The molecule has 1 fully saturated rings. The summed E-state index contributed by atoms with van der Waals surface area (Å²) < 4.78 is 15.7. The van der Waals surface area contributed by atoms with E-state index in [0.717, 1.165) is 12.8 Å². The van der Waals surface area contributed by atoms with Crippen LogP contribution in [0.5, 0.6) is 17.2 Å². The number of benzene rings is 2. The van der Waals surface area contributed by atoms with Crippen LogP contribution in [0.3, 0.4) is 0 Å². The van der Waals surface area contributed by atoms with Crippen LogP contribution in [0.25, 0.3) is 0 Å². The highest BCUT2D eigenvalue weighted by Gasteiger charge is 2.35. The van der Waals surface area contributed by atoms with Crippen LogP contribution >= 0.6 is 0 Å². The van der Waals surface area contributed by atoms with Gasteiger partial charge in [0.1, 0.15) is 5.56 Å². The van der Waals surface area contributed by atoms with Crippen molar-refractivity contribution in [1.29, 1.82) is 0 Å². The maximum absolute atomic E-state index is 13.2. The predicted octanol–water partition coefficient (Wildman–Crippen LogP) is 2.93. The normalized spacial score (nSPS) is 13.4. The Kier molecular flexibility index (Phi) is 8.29. The molecule has 3 rings (SSSR count). The summed E-state index contributed by atoms with van der Waals surface area (Å²) in [6, 6.07) is 11.3. The molecule has 1 saturated heterocycles. The number of nitrogens with zero attached hydrogens (tertiary/aromatic N) is 3. The maximum atomic E-state index is 13.2. The van der Waals surface area contributed by atoms with Crippen molar-refractivity contribution in [2.24, 2.45) is 0 Å². The summed E-state index contributed by atoms with van der Waals surface area (Å²) in [5, 5.41) is 11.8. The third-order valence-corrected chi connectivity index (χ3v) is 5.84. The third kappa shape index (κ3) is 5.38. The smallest absolute Gasteiger partial charge is 0.327 e. The molecule has 2 aromatic rings. The first-order chi connectivity index (χ1) is 16.4. The fourth-order valence-electron chi connectivity index (χ4n) is 4.06. The average Bonchev–Trinajstić information content (AvgIpc) is 2.87. The minimum atomic E-state index is -0.666. The number of nitro benzene ring substituents is 1. The second-order valence-corrected chi connectivity index (χ2v) is 7.81. The summed E-state index contributed by atoms with van der Waals surface area (Å²) in [5.41, 5.74) is 0.560.